The molecule has 18 heavy (non-hydrogen) atoms. The number of benzene rings is 1. The van der Waals surface area contributed by atoms with E-state index in [1.165, 1.54) is 5.56 Å². The number of fused-ring (bicyclic) bond motifs is 1. The minimum Gasteiger partial charge on any atom is -0.249 e. The topological polar surface area (TPSA) is 25.8 Å². The van der Waals surface area contributed by atoms with Gasteiger partial charge >= 0.3 is 0 Å². The van der Waals surface area contributed by atoms with E-state index in [0.29, 0.717) is 0 Å². The minimum absolute atomic E-state index is 0.947. The second kappa shape index (κ2) is 8.62. The third-order valence-corrected chi connectivity index (χ3v) is 2.50. The number of para-hydroxylation sites is 1. The maximum atomic E-state index is 4.59. The van der Waals surface area contributed by atoms with Crippen molar-refractivity contribution in [2.75, 3.05) is 0 Å². The van der Waals surface area contributed by atoms with Crippen molar-refractivity contribution in [2.24, 2.45) is 0 Å². The fraction of sp³-hybridized carbons (Fsp3) is 0.500. The first-order valence-corrected chi connectivity index (χ1v) is 6.95. The largest absolute Gasteiger partial charge is 0.249 e. The molecule has 1 aromatic heterocycles. The maximum Gasteiger partial charge on any atom is 0.0919 e. The first-order chi connectivity index (χ1) is 8.72. The molecule has 2 nitrogen and oxygen atoms in total. The van der Waals surface area contributed by atoms with Crippen LogP contribution in [0.2, 0.25) is 0 Å². The summed E-state index contributed by atoms with van der Waals surface area (Å²) in [6.07, 6.45) is 0.947. The molecule has 0 bridgehead atoms. The van der Waals surface area contributed by atoms with Gasteiger partial charge in [-0.3, -0.25) is 0 Å². The van der Waals surface area contributed by atoms with Crippen molar-refractivity contribution in [3.63, 3.8) is 0 Å². The zero-order valence-electron chi connectivity index (χ0n) is 12.8. The highest BCUT2D eigenvalue weighted by Crippen LogP contribution is 2.16. The van der Waals surface area contributed by atoms with Gasteiger partial charge in [0, 0.05) is 0 Å². The smallest absolute Gasteiger partial charge is 0.0919 e. The normalized spacial score (nSPS) is 9.06. The van der Waals surface area contributed by atoms with Crippen LogP contribution >= 0.6 is 0 Å². The highest BCUT2D eigenvalue weighted by Gasteiger charge is 2.04. The Balaban J connectivity index is 0.000000659. The Morgan fingerprint density at radius 2 is 1.56 bits per heavy atom. The second-order valence-corrected chi connectivity index (χ2v) is 3.55. The predicted molar refractivity (Wildman–Crippen MR) is 81.1 cm³/mol. The summed E-state index contributed by atoms with van der Waals surface area (Å²) in [6.45, 7) is 14.2. The lowest BCUT2D eigenvalue weighted by atomic mass is 10.1. The average Bonchev–Trinajstić information content (AvgIpc) is 2.44. The summed E-state index contributed by atoms with van der Waals surface area (Å²) < 4.78 is 0. The number of nitrogens with zero attached hydrogens (tertiary/aromatic N) is 2. The Labute approximate surface area is 111 Å². The van der Waals surface area contributed by atoms with Crippen LogP contribution < -0.4 is 0 Å². The van der Waals surface area contributed by atoms with Crippen LogP contribution in [0.5, 0.6) is 0 Å². The standard InChI is InChI=1S/C12H14N2.2C2H6/c1-4-10-9(3)13-12-8(2)6-5-7-11(12)14-10;2*1-2/h5-7H,4H2,1-3H3;2*1-2H3. The van der Waals surface area contributed by atoms with Gasteiger partial charge in [-0.15, -0.1) is 0 Å². The Morgan fingerprint density at radius 3 is 2.11 bits per heavy atom. The van der Waals surface area contributed by atoms with Crippen LogP contribution in [0.3, 0.4) is 0 Å². The summed E-state index contributed by atoms with van der Waals surface area (Å²) in [7, 11) is 0. The van der Waals surface area contributed by atoms with E-state index in [4.69, 9.17) is 0 Å². The zero-order chi connectivity index (χ0) is 14.1. The molecule has 2 aromatic rings. The van der Waals surface area contributed by atoms with Crippen LogP contribution in [-0.2, 0) is 6.42 Å². The second-order valence-electron chi connectivity index (χ2n) is 3.55. The van der Waals surface area contributed by atoms with Gasteiger partial charge in [0.2, 0.25) is 0 Å². The van der Waals surface area contributed by atoms with E-state index in [1.807, 2.05) is 46.8 Å². The fourth-order valence-corrected chi connectivity index (χ4v) is 1.67. The van der Waals surface area contributed by atoms with Gasteiger partial charge < -0.3 is 0 Å². The van der Waals surface area contributed by atoms with Gasteiger partial charge in [-0.1, -0.05) is 46.8 Å². The zero-order valence-corrected chi connectivity index (χ0v) is 12.8. The summed E-state index contributed by atoms with van der Waals surface area (Å²) in [5.41, 5.74) is 5.38. The summed E-state index contributed by atoms with van der Waals surface area (Å²) in [4.78, 5) is 9.18. The molecule has 0 saturated heterocycles. The average molecular weight is 246 g/mol. The van der Waals surface area contributed by atoms with Crippen molar-refractivity contribution in [3.8, 4) is 0 Å². The van der Waals surface area contributed by atoms with Crippen LogP contribution in [0, 0.1) is 13.8 Å². The van der Waals surface area contributed by atoms with Crippen LogP contribution in [0.4, 0.5) is 0 Å². The van der Waals surface area contributed by atoms with Crippen LogP contribution in [0.1, 0.15) is 51.6 Å². The van der Waals surface area contributed by atoms with Crippen LogP contribution in [0.15, 0.2) is 18.2 Å². The molecule has 2 rings (SSSR count). The predicted octanol–water partition coefficient (Wildman–Crippen LogP) is 4.86. The van der Waals surface area contributed by atoms with Gasteiger partial charge in [-0.2, -0.15) is 0 Å². The summed E-state index contributed by atoms with van der Waals surface area (Å²) in [6, 6.07) is 6.12. The number of hydrogen-bond donors (Lipinski definition) is 0. The van der Waals surface area contributed by atoms with Crippen molar-refractivity contribution < 1.29 is 0 Å². The summed E-state index contributed by atoms with van der Waals surface area (Å²) >= 11 is 0. The molecule has 0 aliphatic heterocycles. The van der Waals surface area contributed by atoms with E-state index >= 15 is 0 Å². The van der Waals surface area contributed by atoms with E-state index in [1.54, 1.807) is 0 Å². The molecule has 1 aromatic carbocycles. The number of rotatable bonds is 1. The molecule has 0 fully saturated rings. The van der Waals surface area contributed by atoms with E-state index in [0.717, 1.165) is 28.8 Å². The lowest BCUT2D eigenvalue weighted by Crippen LogP contribution is -1.97. The molecule has 0 amide bonds. The Hall–Kier alpha value is -1.44. The van der Waals surface area contributed by atoms with E-state index in [2.05, 4.69) is 29.9 Å². The van der Waals surface area contributed by atoms with Crippen molar-refractivity contribution in [1.29, 1.82) is 0 Å². The fourth-order valence-electron chi connectivity index (χ4n) is 1.67. The first kappa shape index (κ1) is 16.6. The molecule has 2 heteroatoms. The van der Waals surface area contributed by atoms with Gasteiger partial charge in [0.15, 0.2) is 0 Å². The molecule has 0 atom stereocenters. The molecular weight excluding hydrogens is 220 g/mol. The van der Waals surface area contributed by atoms with Gasteiger partial charge in [-0.05, 0) is 31.9 Å². The Morgan fingerprint density at radius 1 is 0.944 bits per heavy atom. The van der Waals surface area contributed by atoms with Crippen molar-refractivity contribution in [2.45, 2.75) is 54.9 Å². The molecular formula is C16H26N2. The Kier molecular flexibility index (Phi) is 7.93. The van der Waals surface area contributed by atoms with Crippen LogP contribution in [-0.4, -0.2) is 9.97 Å². The van der Waals surface area contributed by atoms with E-state index in [-0.39, 0.29) is 0 Å². The summed E-state index contributed by atoms with van der Waals surface area (Å²) in [5, 5.41) is 0. The maximum absolute atomic E-state index is 4.59. The lowest BCUT2D eigenvalue weighted by Gasteiger charge is -2.05. The van der Waals surface area contributed by atoms with E-state index < -0.39 is 0 Å². The highest BCUT2D eigenvalue weighted by atomic mass is 14.8. The van der Waals surface area contributed by atoms with E-state index in [9.17, 15) is 0 Å². The quantitative estimate of drug-likeness (QED) is 0.718. The van der Waals surface area contributed by atoms with Crippen LogP contribution in [0.25, 0.3) is 11.0 Å². The molecule has 0 aliphatic carbocycles. The van der Waals surface area contributed by atoms with Gasteiger partial charge in [0.05, 0.1) is 22.4 Å². The molecule has 1 heterocycles. The third-order valence-electron chi connectivity index (χ3n) is 2.50. The third kappa shape index (κ3) is 3.80. The summed E-state index contributed by atoms with van der Waals surface area (Å²) in [5.74, 6) is 0. The molecule has 0 aliphatic rings. The molecule has 0 spiro atoms. The monoisotopic (exact) mass is 246 g/mol. The van der Waals surface area contributed by atoms with Crippen molar-refractivity contribution in [1.82, 2.24) is 9.97 Å². The number of aromatic nitrogens is 2. The van der Waals surface area contributed by atoms with Gasteiger partial charge in [-0.25, -0.2) is 9.97 Å². The number of aryl methyl sites for hydroxylation is 3. The van der Waals surface area contributed by atoms with Crippen molar-refractivity contribution >= 4 is 11.0 Å². The molecule has 0 unspecified atom stereocenters. The highest BCUT2D eigenvalue weighted by molar-refractivity contribution is 5.77. The SMILES string of the molecule is CC.CC.CCc1nc2cccc(C)c2nc1C. The first-order valence-electron chi connectivity index (χ1n) is 6.95. The Bertz CT molecular complexity index is 476. The molecule has 0 N–H and O–H groups in total. The van der Waals surface area contributed by atoms with Crippen molar-refractivity contribution in [3.05, 3.63) is 35.2 Å². The van der Waals surface area contributed by atoms with Gasteiger partial charge in [0.1, 0.15) is 0 Å². The minimum atomic E-state index is 0.947. The molecule has 0 saturated carbocycles. The van der Waals surface area contributed by atoms with Gasteiger partial charge in [0.25, 0.3) is 0 Å². The number of hydrogen-bond acceptors (Lipinski definition) is 2. The molecule has 100 valence electrons. The molecule has 0 radical (unpaired) electrons. The lowest BCUT2D eigenvalue weighted by molar-refractivity contribution is 0.987.